The number of aromatic nitrogens is 4. The highest BCUT2D eigenvalue weighted by atomic mass is 32.2. The van der Waals surface area contributed by atoms with Crippen LogP contribution in [0.1, 0.15) is 11.6 Å². The molecule has 13 heteroatoms. The Labute approximate surface area is 185 Å². The Hall–Kier alpha value is -2.90. The minimum atomic E-state index is -1.18. The van der Waals surface area contributed by atoms with Gasteiger partial charge in [-0.2, -0.15) is 0 Å². The second-order valence-electron chi connectivity index (χ2n) is 6.92. The molecule has 2 aromatic rings. The molecule has 2 amide bonds. The van der Waals surface area contributed by atoms with Crippen molar-refractivity contribution in [3.63, 3.8) is 0 Å². The summed E-state index contributed by atoms with van der Waals surface area (Å²) >= 11 is 2.69. The van der Waals surface area contributed by atoms with E-state index in [0.717, 1.165) is 0 Å². The fourth-order valence-corrected chi connectivity index (χ4v) is 5.68. The van der Waals surface area contributed by atoms with E-state index in [1.54, 1.807) is 31.3 Å². The SMILES string of the molecule is Cn1nnnc1SCC1=C(C(=O)O)N2C(=O)[C@@H](NC(=O)C(N)c3ccccc3)C2SC1. The second-order valence-corrected chi connectivity index (χ2v) is 8.96. The highest BCUT2D eigenvalue weighted by molar-refractivity contribution is 8.01. The molecule has 0 radical (unpaired) electrons. The monoisotopic (exact) mass is 461 g/mol. The molecule has 0 saturated carbocycles. The third-order valence-corrected chi connectivity index (χ3v) is 7.38. The summed E-state index contributed by atoms with van der Waals surface area (Å²) in [6.45, 7) is 0. The molecule has 1 aromatic carbocycles. The van der Waals surface area contributed by atoms with E-state index in [1.165, 1.54) is 33.1 Å². The lowest BCUT2D eigenvalue weighted by atomic mass is 10.0. The van der Waals surface area contributed by atoms with Crippen LogP contribution in [0.3, 0.4) is 0 Å². The van der Waals surface area contributed by atoms with Gasteiger partial charge in [0.05, 0.1) is 0 Å². The van der Waals surface area contributed by atoms with Crippen LogP contribution in [0.2, 0.25) is 0 Å². The summed E-state index contributed by atoms with van der Waals surface area (Å²) in [6, 6.07) is 7.09. The van der Waals surface area contributed by atoms with Gasteiger partial charge in [-0.3, -0.25) is 14.5 Å². The number of fused-ring (bicyclic) bond motifs is 1. The minimum Gasteiger partial charge on any atom is -0.477 e. The third kappa shape index (κ3) is 4.03. The third-order valence-electron chi connectivity index (χ3n) is 4.95. The summed E-state index contributed by atoms with van der Waals surface area (Å²) in [7, 11) is 1.69. The van der Waals surface area contributed by atoms with Crippen molar-refractivity contribution in [3.8, 4) is 0 Å². The number of benzene rings is 1. The molecule has 1 saturated heterocycles. The quantitative estimate of drug-likeness (QED) is 0.371. The Bertz CT molecular complexity index is 1060. The number of carboxylic acids is 1. The molecule has 162 valence electrons. The van der Waals surface area contributed by atoms with Gasteiger partial charge in [-0.1, -0.05) is 42.1 Å². The Morgan fingerprint density at radius 2 is 2.13 bits per heavy atom. The largest absolute Gasteiger partial charge is 0.477 e. The van der Waals surface area contributed by atoms with E-state index in [-0.39, 0.29) is 5.70 Å². The van der Waals surface area contributed by atoms with Crippen LogP contribution in [-0.4, -0.2) is 70.9 Å². The number of carbonyl (C=O) groups is 3. The molecule has 4 N–H and O–H groups in total. The fraction of sp³-hybridized carbons (Fsp3) is 0.333. The smallest absolute Gasteiger partial charge is 0.352 e. The predicted octanol–water partition coefficient (Wildman–Crippen LogP) is -0.259. The van der Waals surface area contributed by atoms with Crippen LogP contribution >= 0.6 is 23.5 Å². The molecule has 3 heterocycles. The van der Waals surface area contributed by atoms with Gasteiger partial charge in [-0.05, 0) is 21.6 Å². The molecule has 0 bridgehead atoms. The van der Waals surface area contributed by atoms with Crippen molar-refractivity contribution in [2.45, 2.75) is 22.6 Å². The van der Waals surface area contributed by atoms with E-state index in [9.17, 15) is 19.5 Å². The first-order valence-electron chi connectivity index (χ1n) is 9.24. The zero-order chi connectivity index (χ0) is 22.1. The molecule has 0 aliphatic carbocycles. The van der Waals surface area contributed by atoms with E-state index in [1.807, 2.05) is 6.07 Å². The number of amides is 2. The van der Waals surface area contributed by atoms with Gasteiger partial charge in [0, 0.05) is 18.6 Å². The van der Waals surface area contributed by atoms with Crippen molar-refractivity contribution in [2.75, 3.05) is 11.5 Å². The predicted molar refractivity (Wildman–Crippen MR) is 113 cm³/mol. The van der Waals surface area contributed by atoms with E-state index in [0.29, 0.717) is 27.8 Å². The Morgan fingerprint density at radius 1 is 1.39 bits per heavy atom. The Balaban J connectivity index is 1.46. The molecule has 1 fully saturated rings. The lowest BCUT2D eigenvalue weighted by Gasteiger charge is -2.49. The number of carbonyl (C=O) groups excluding carboxylic acids is 2. The molecule has 4 rings (SSSR count). The van der Waals surface area contributed by atoms with Crippen molar-refractivity contribution < 1.29 is 19.5 Å². The number of carboxylic acid groups (broad SMARTS) is 1. The number of nitrogens with zero attached hydrogens (tertiary/aromatic N) is 5. The molecule has 0 spiro atoms. The first-order chi connectivity index (χ1) is 14.9. The molecule has 31 heavy (non-hydrogen) atoms. The number of nitrogens with one attached hydrogen (secondary N) is 1. The molecule has 2 unspecified atom stereocenters. The van der Waals surface area contributed by atoms with E-state index < -0.39 is 35.2 Å². The lowest BCUT2D eigenvalue weighted by Crippen LogP contribution is -2.71. The minimum absolute atomic E-state index is 0.0470. The van der Waals surface area contributed by atoms with Crippen LogP contribution < -0.4 is 11.1 Å². The number of aliphatic carboxylic acids is 1. The summed E-state index contributed by atoms with van der Waals surface area (Å²) < 4.78 is 1.49. The van der Waals surface area contributed by atoms with Gasteiger partial charge in [0.1, 0.15) is 23.2 Å². The van der Waals surface area contributed by atoms with Crippen molar-refractivity contribution in [2.24, 2.45) is 12.8 Å². The average molecular weight is 462 g/mol. The standard InChI is InChI=1S/C18H19N7O4S2/c1-24-18(21-22-23-24)31-8-10-7-30-16-12(15(27)25(16)13(10)17(28)29)20-14(26)11(19)9-5-3-2-4-6-9/h2-6,11-12,16H,7-8,19H2,1H3,(H,20,26)(H,28,29)/t11?,12-,16?/m1/s1. The van der Waals surface area contributed by atoms with Crippen molar-refractivity contribution in [1.29, 1.82) is 0 Å². The highest BCUT2D eigenvalue weighted by Gasteiger charge is 2.54. The number of rotatable bonds is 7. The van der Waals surface area contributed by atoms with Crippen molar-refractivity contribution in [1.82, 2.24) is 30.4 Å². The first kappa shape index (κ1) is 21.3. The summed E-state index contributed by atoms with van der Waals surface area (Å²) in [5, 5.41) is 23.6. The number of thioether (sulfide) groups is 2. The van der Waals surface area contributed by atoms with Crippen LogP contribution in [0.4, 0.5) is 0 Å². The van der Waals surface area contributed by atoms with Crippen LogP contribution in [0, 0.1) is 0 Å². The van der Waals surface area contributed by atoms with Gasteiger partial charge in [0.25, 0.3) is 5.91 Å². The molecular weight excluding hydrogens is 442 g/mol. The Kier molecular flexibility index (Phi) is 5.98. The fourth-order valence-electron chi connectivity index (χ4n) is 3.34. The van der Waals surface area contributed by atoms with Gasteiger partial charge in [0.15, 0.2) is 0 Å². The molecule has 3 atom stereocenters. The maximum atomic E-state index is 12.8. The van der Waals surface area contributed by atoms with E-state index in [2.05, 4.69) is 20.8 Å². The summed E-state index contributed by atoms with van der Waals surface area (Å²) in [5.74, 6) is -1.40. The van der Waals surface area contributed by atoms with Crippen LogP contribution in [-0.2, 0) is 21.4 Å². The van der Waals surface area contributed by atoms with E-state index >= 15 is 0 Å². The first-order valence-corrected chi connectivity index (χ1v) is 11.3. The van der Waals surface area contributed by atoms with Crippen LogP contribution in [0.15, 0.2) is 46.8 Å². The van der Waals surface area contributed by atoms with Crippen LogP contribution in [0.25, 0.3) is 0 Å². The van der Waals surface area contributed by atoms with Gasteiger partial charge in [-0.15, -0.1) is 16.9 Å². The van der Waals surface area contributed by atoms with Crippen LogP contribution in [0.5, 0.6) is 0 Å². The summed E-state index contributed by atoms with van der Waals surface area (Å²) in [4.78, 5) is 38.5. The van der Waals surface area contributed by atoms with Gasteiger partial charge >= 0.3 is 5.97 Å². The number of hydrogen-bond acceptors (Lipinski definition) is 9. The highest BCUT2D eigenvalue weighted by Crippen LogP contribution is 2.41. The molecule has 1 aromatic heterocycles. The second kappa shape index (κ2) is 8.69. The molecule has 2 aliphatic rings. The number of aryl methyl sites for hydroxylation is 1. The normalized spacial score (nSPS) is 21.4. The summed E-state index contributed by atoms with van der Waals surface area (Å²) in [5.41, 5.74) is 7.19. The zero-order valence-corrected chi connectivity index (χ0v) is 18.0. The van der Waals surface area contributed by atoms with Crippen molar-refractivity contribution in [3.05, 3.63) is 47.2 Å². The van der Waals surface area contributed by atoms with E-state index in [4.69, 9.17) is 5.73 Å². The maximum Gasteiger partial charge on any atom is 0.352 e. The molecular formula is C18H19N7O4S2. The topological polar surface area (TPSA) is 156 Å². The molecule has 11 nitrogen and oxygen atoms in total. The zero-order valence-electron chi connectivity index (χ0n) is 16.3. The number of β-lactam (4-membered cyclic amide) rings is 1. The van der Waals surface area contributed by atoms with Gasteiger partial charge in [-0.25, -0.2) is 9.48 Å². The Morgan fingerprint density at radius 3 is 2.77 bits per heavy atom. The summed E-state index contributed by atoms with van der Waals surface area (Å²) in [6.07, 6.45) is 0. The average Bonchev–Trinajstić information content (AvgIpc) is 3.19. The van der Waals surface area contributed by atoms with Gasteiger partial charge in [0.2, 0.25) is 11.1 Å². The number of hydrogen-bond donors (Lipinski definition) is 3. The number of nitrogens with two attached hydrogens (primary N) is 1. The lowest BCUT2D eigenvalue weighted by molar-refractivity contribution is -0.150. The van der Waals surface area contributed by atoms with Crippen molar-refractivity contribution >= 4 is 41.3 Å². The molecule has 2 aliphatic heterocycles. The number of tetrazole rings is 1. The van der Waals surface area contributed by atoms with Gasteiger partial charge < -0.3 is 16.2 Å². The maximum absolute atomic E-state index is 12.8.